The summed E-state index contributed by atoms with van der Waals surface area (Å²) in [5.74, 6) is -1.34. The highest BCUT2D eigenvalue weighted by Gasteiger charge is 2.48. The predicted molar refractivity (Wildman–Crippen MR) is 116 cm³/mol. The lowest BCUT2D eigenvalue weighted by molar-refractivity contribution is -0.132. The van der Waals surface area contributed by atoms with Crippen molar-refractivity contribution in [1.82, 2.24) is 0 Å². The molecule has 1 amide bonds. The minimum Gasteiger partial charge on any atom is -0.507 e. The molecule has 1 atom stereocenters. The Morgan fingerprint density at radius 3 is 2.40 bits per heavy atom. The molecule has 1 aliphatic rings. The van der Waals surface area contributed by atoms with Crippen LogP contribution in [0.2, 0.25) is 5.02 Å². The minimum atomic E-state index is -0.888. The van der Waals surface area contributed by atoms with Crippen LogP contribution in [0.1, 0.15) is 34.1 Å². The Labute approximate surface area is 179 Å². The Balaban J connectivity index is 1.95. The molecule has 3 aromatic rings. The summed E-state index contributed by atoms with van der Waals surface area (Å²) in [6.07, 6.45) is 1.47. The molecule has 5 nitrogen and oxygen atoms in total. The average Bonchev–Trinajstić information content (AvgIpc) is 3.31. The van der Waals surface area contributed by atoms with Crippen molar-refractivity contribution in [3.63, 3.8) is 0 Å². The molecule has 0 aliphatic carbocycles. The van der Waals surface area contributed by atoms with Crippen molar-refractivity contribution in [2.45, 2.75) is 26.8 Å². The van der Waals surface area contributed by atoms with E-state index in [0.29, 0.717) is 22.0 Å². The third kappa shape index (κ3) is 3.21. The molecule has 1 aromatic heterocycles. The zero-order chi connectivity index (χ0) is 21.6. The van der Waals surface area contributed by atoms with Crippen molar-refractivity contribution in [2.75, 3.05) is 4.90 Å². The Hall–Kier alpha value is -3.31. The zero-order valence-electron chi connectivity index (χ0n) is 16.8. The first-order chi connectivity index (χ1) is 14.3. The first-order valence-corrected chi connectivity index (χ1v) is 9.85. The number of aryl methyl sites for hydroxylation is 3. The molecule has 1 unspecified atom stereocenters. The molecule has 1 fully saturated rings. The van der Waals surface area contributed by atoms with E-state index in [1.54, 1.807) is 42.5 Å². The van der Waals surface area contributed by atoms with Crippen LogP contribution in [0, 0.1) is 20.8 Å². The second-order valence-electron chi connectivity index (χ2n) is 7.41. The van der Waals surface area contributed by atoms with E-state index in [1.165, 1.54) is 11.2 Å². The SMILES string of the molecule is Cc1ccc(/C(O)=C2/C(=O)C(=O)N(c3ccc(Cl)cc3C)C2c2ccco2)cc1C. The van der Waals surface area contributed by atoms with E-state index in [0.717, 1.165) is 16.7 Å². The van der Waals surface area contributed by atoms with Gasteiger partial charge in [0.15, 0.2) is 0 Å². The fourth-order valence-electron chi connectivity index (χ4n) is 3.73. The van der Waals surface area contributed by atoms with Crippen LogP contribution in [-0.4, -0.2) is 16.8 Å². The van der Waals surface area contributed by atoms with Gasteiger partial charge in [-0.05, 0) is 73.9 Å². The number of aliphatic hydroxyl groups is 1. The van der Waals surface area contributed by atoms with Gasteiger partial charge in [0.05, 0.1) is 11.8 Å². The summed E-state index contributed by atoms with van der Waals surface area (Å²) >= 11 is 6.07. The lowest BCUT2D eigenvalue weighted by Crippen LogP contribution is -2.29. The van der Waals surface area contributed by atoms with Gasteiger partial charge in [0.2, 0.25) is 0 Å². The van der Waals surface area contributed by atoms with Crippen LogP contribution in [-0.2, 0) is 9.59 Å². The van der Waals surface area contributed by atoms with Gasteiger partial charge in [-0.2, -0.15) is 0 Å². The quantitative estimate of drug-likeness (QED) is 0.345. The number of ketones is 1. The van der Waals surface area contributed by atoms with Crippen LogP contribution in [0.25, 0.3) is 5.76 Å². The zero-order valence-corrected chi connectivity index (χ0v) is 17.5. The summed E-state index contributed by atoms with van der Waals surface area (Å²) in [5.41, 5.74) is 3.75. The second kappa shape index (κ2) is 7.50. The number of carbonyl (C=O) groups is 2. The lowest BCUT2D eigenvalue weighted by atomic mass is 9.97. The van der Waals surface area contributed by atoms with Crippen LogP contribution < -0.4 is 4.90 Å². The fourth-order valence-corrected chi connectivity index (χ4v) is 3.96. The summed E-state index contributed by atoms with van der Waals surface area (Å²) in [6.45, 7) is 5.69. The molecule has 2 heterocycles. The van der Waals surface area contributed by atoms with Gasteiger partial charge < -0.3 is 9.52 Å². The molecule has 30 heavy (non-hydrogen) atoms. The molecule has 1 N–H and O–H groups in total. The van der Waals surface area contributed by atoms with E-state index in [4.69, 9.17) is 16.0 Å². The maximum atomic E-state index is 13.1. The number of benzene rings is 2. The maximum Gasteiger partial charge on any atom is 0.300 e. The van der Waals surface area contributed by atoms with Crippen LogP contribution in [0.15, 0.2) is 64.8 Å². The van der Waals surface area contributed by atoms with E-state index in [-0.39, 0.29) is 11.3 Å². The second-order valence-corrected chi connectivity index (χ2v) is 7.85. The molecule has 1 aliphatic heterocycles. The molecule has 0 bridgehead atoms. The van der Waals surface area contributed by atoms with Gasteiger partial charge in [-0.3, -0.25) is 14.5 Å². The Morgan fingerprint density at radius 1 is 1.00 bits per heavy atom. The summed E-state index contributed by atoms with van der Waals surface area (Å²) in [7, 11) is 0. The fraction of sp³-hybridized carbons (Fsp3) is 0.167. The monoisotopic (exact) mass is 421 g/mol. The molecule has 4 rings (SSSR count). The first-order valence-electron chi connectivity index (χ1n) is 9.47. The molecule has 0 radical (unpaired) electrons. The number of hydrogen-bond acceptors (Lipinski definition) is 4. The minimum absolute atomic E-state index is 0.00690. The van der Waals surface area contributed by atoms with Crippen molar-refractivity contribution in [1.29, 1.82) is 0 Å². The van der Waals surface area contributed by atoms with Gasteiger partial charge in [0.25, 0.3) is 11.7 Å². The van der Waals surface area contributed by atoms with Crippen LogP contribution in [0.5, 0.6) is 0 Å². The lowest BCUT2D eigenvalue weighted by Gasteiger charge is -2.25. The van der Waals surface area contributed by atoms with Crippen LogP contribution in [0.4, 0.5) is 5.69 Å². The van der Waals surface area contributed by atoms with Gasteiger partial charge >= 0.3 is 0 Å². The number of halogens is 1. The van der Waals surface area contributed by atoms with Gasteiger partial charge in [0.1, 0.15) is 17.6 Å². The van der Waals surface area contributed by atoms with E-state index in [9.17, 15) is 14.7 Å². The summed E-state index contributed by atoms with van der Waals surface area (Å²) in [6, 6.07) is 12.9. The highest BCUT2D eigenvalue weighted by atomic mass is 35.5. The number of carbonyl (C=O) groups excluding carboxylic acids is 2. The standard InChI is InChI=1S/C24H20ClNO4/c1-13-6-7-16(11-14(13)2)22(27)20-21(19-5-4-10-30-19)26(24(29)23(20)28)18-9-8-17(25)12-15(18)3/h4-12,21,27H,1-3H3/b22-20-. The summed E-state index contributed by atoms with van der Waals surface area (Å²) in [4.78, 5) is 27.5. The highest BCUT2D eigenvalue weighted by molar-refractivity contribution is 6.51. The molecule has 6 heteroatoms. The van der Waals surface area contributed by atoms with Crippen LogP contribution in [0.3, 0.4) is 0 Å². The van der Waals surface area contributed by atoms with Crippen molar-refractivity contribution < 1.29 is 19.1 Å². The molecule has 152 valence electrons. The van der Waals surface area contributed by atoms with Crippen LogP contribution >= 0.6 is 11.6 Å². The van der Waals surface area contributed by atoms with Gasteiger partial charge in [-0.1, -0.05) is 23.7 Å². The number of Topliss-reactive ketones (excluding diaryl/α,β-unsaturated/α-hetero) is 1. The number of rotatable bonds is 3. The Morgan fingerprint density at radius 2 is 1.77 bits per heavy atom. The topological polar surface area (TPSA) is 70.8 Å². The number of anilines is 1. The van der Waals surface area contributed by atoms with Crippen molar-refractivity contribution >= 4 is 34.7 Å². The smallest absolute Gasteiger partial charge is 0.300 e. The van der Waals surface area contributed by atoms with E-state index < -0.39 is 17.7 Å². The van der Waals surface area contributed by atoms with E-state index >= 15 is 0 Å². The van der Waals surface area contributed by atoms with Gasteiger partial charge in [-0.25, -0.2) is 0 Å². The summed E-state index contributed by atoms with van der Waals surface area (Å²) < 4.78 is 5.57. The maximum absolute atomic E-state index is 13.1. The van der Waals surface area contributed by atoms with E-state index in [1.807, 2.05) is 26.8 Å². The van der Waals surface area contributed by atoms with Crippen molar-refractivity contribution in [3.8, 4) is 0 Å². The molecular weight excluding hydrogens is 402 g/mol. The molecular formula is C24H20ClNO4. The number of furan rings is 1. The number of aliphatic hydroxyl groups excluding tert-OH is 1. The first kappa shape index (κ1) is 20.0. The van der Waals surface area contributed by atoms with Crippen molar-refractivity contribution in [3.05, 3.63) is 93.4 Å². The predicted octanol–water partition coefficient (Wildman–Crippen LogP) is 5.48. The number of amides is 1. The average molecular weight is 422 g/mol. The Bertz CT molecular complexity index is 1190. The Kier molecular flexibility index (Phi) is 5.00. The van der Waals surface area contributed by atoms with Gasteiger partial charge in [-0.15, -0.1) is 0 Å². The summed E-state index contributed by atoms with van der Waals surface area (Å²) in [5, 5.41) is 11.6. The molecule has 1 saturated heterocycles. The largest absolute Gasteiger partial charge is 0.507 e. The third-order valence-corrected chi connectivity index (χ3v) is 5.69. The van der Waals surface area contributed by atoms with Gasteiger partial charge in [0, 0.05) is 16.3 Å². The molecule has 2 aromatic carbocycles. The van der Waals surface area contributed by atoms with E-state index in [2.05, 4.69) is 0 Å². The molecule has 0 saturated carbocycles. The third-order valence-electron chi connectivity index (χ3n) is 5.46. The van der Waals surface area contributed by atoms with Crippen molar-refractivity contribution in [2.24, 2.45) is 0 Å². The number of nitrogens with zero attached hydrogens (tertiary/aromatic N) is 1. The normalized spacial score (nSPS) is 18.3. The highest BCUT2D eigenvalue weighted by Crippen LogP contribution is 2.43. The number of hydrogen-bond donors (Lipinski definition) is 1. The molecule has 0 spiro atoms.